The van der Waals surface area contributed by atoms with E-state index in [0.29, 0.717) is 11.4 Å². The van der Waals surface area contributed by atoms with Crippen LogP contribution in [0, 0.1) is 0 Å². The molecule has 1 saturated heterocycles. The van der Waals surface area contributed by atoms with Gasteiger partial charge in [0.25, 0.3) is 5.91 Å². The summed E-state index contributed by atoms with van der Waals surface area (Å²) in [5.41, 5.74) is 1.000. The van der Waals surface area contributed by atoms with Crippen LogP contribution in [0.1, 0.15) is 41.4 Å². The highest BCUT2D eigenvalue weighted by Crippen LogP contribution is 2.21. The zero-order chi connectivity index (χ0) is 18.4. The predicted molar refractivity (Wildman–Crippen MR) is 103 cm³/mol. The van der Waals surface area contributed by atoms with E-state index in [1.54, 1.807) is 19.2 Å². The summed E-state index contributed by atoms with van der Waals surface area (Å²) in [4.78, 5) is 31.8. The summed E-state index contributed by atoms with van der Waals surface area (Å²) in [6.45, 7) is 4.10. The van der Waals surface area contributed by atoms with Crippen molar-refractivity contribution >= 4 is 29.0 Å². The summed E-state index contributed by atoms with van der Waals surface area (Å²) in [5.74, 6) is 0.518. The number of carbonyl (C=O) groups is 2. The van der Waals surface area contributed by atoms with E-state index >= 15 is 0 Å². The van der Waals surface area contributed by atoms with Gasteiger partial charge in [0.15, 0.2) is 0 Å². The molecule has 1 unspecified atom stereocenters. The molecule has 0 aliphatic carbocycles. The molecule has 0 saturated carbocycles. The van der Waals surface area contributed by atoms with Crippen LogP contribution in [0.4, 0.5) is 5.82 Å². The fourth-order valence-corrected chi connectivity index (χ4v) is 3.66. The second-order valence-electron chi connectivity index (χ2n) is 6.42. The highest BCUT2D eigenvalue weighted by molar-refractivity contribution is 7.12. The molecule has 1 aliphatic rings. The Balaban J connectivity index is 1.56. The van der Waals surface area contributed by atoms with Crippen molar-refractivity contribution in [2.75, 3.05) is 18.0 Å². The molecule has 0 aromatic carbocycles. The normalized spacial score (nSPS) is 15.3. The van der Waals surface area contributed by atoms with E-state index in [2.05, 4.69) is 20.5 Å². The minimum Gasteiger partial charge on any atom is -0.356 e. The third-order valence-electron chi connectivity index (χ3n) is 4.46. The van der Waals surface area contributed by atoms with Gasteiger partial charge in [0.2, 0.25) is 5.91 Å². The van der Waals surface area contributed by atoms with Gasteiger partial charge in [0.05, 0.1) is 4.88 Å². The van der Waals surface area contributed by atoms with E-state index in [1.165, 1.54) is 30.6 Å². The molecule has 0 radical (unpaired) electrons. The first-order valence-corrected chi connectivity index (χ1v) is 9.84. The Labute approximate surface area is 157 Å². The maximum atomic E-state index is 12.4. The van der Waals surface area contributed by atoms with Crippen molar-refractivity contribution < 1.29 is 9.59 Å². The van der Waals surface area contributed by atoms with Crippen molar-refractivity contribution in [2.24, 2.45) is 0 Å². The minimum atomic E-state index is -0.597. The van der Waals surface area contributed by atoms with Crippen LogP contribution >= 0.6 is 11.3 Å². The van der Waals surface area contributed by atoms with Crippen molar-refractivity contribution in [1.82, 2.24) is 15.6 Å². The second kappa shape index (κ2) is 8.80. The van der Waals surface area contributed by atoms with E-state index in [4.69, 9.17) is 0 Å². The molecule has 2 amide bonds. The molecule has 3 heterocycles. The van der Waals surface area contributed by atoms with Crippen molar-refractivity contribution in [1.29, 1.82) is 0 Å². The zero-order valence-electron chi connectivity index (χ0n) is 14.9. The quantitative estimate of drug-likeness (QED) is 0.817. The summed E-state index contributed by atoms with van der Waals surface area (Å²) in [6, 6.07) is 6.84. The number of thiophene rings is 1. The molecule has 6 nitrogen and oxygen atoms in total. The van der Waals surface area contributed by atoms with Gasteiger partial charge in [-0.3, -0.25) is 9.59 Å². The smallest absolute Gasteiger partial charge is 0.261 e. The lowest BCUT2D eigenvalue weighted by Crippen LogP contribution is -2.44. The number of amides is 2. The van der Waals surface area contributed by atoms with Crippen LogP contribution in [0.5, 0.6) is 0 Å². The summed E-state index contributed by atoms with van der Waals surface area (Å²) in [7, 11) is 0. The fourth-order valence-electron chi connectivity index (χ4n) is 3.04. The number of aromatic nitrogens is 1. The van der Waals surface area contributed by atoms with Gasteiger partial charge in [0, 0.05) is 31.4 Å². The summed E-state index contributed by atoms with van der Waals surface area (Å²) < 4.78 is 0. The molecule has 2 aromatic heterocycles. The van der Waals surface area contributed by atoms with Crippen molar-refractivity contribution in [3.63, 3.8) is 0 Å². The Morgan fingerprint density at radius 3 is 2.77 bits per heavy atom. The number of piperidine rings is 1. The van der Waals surface area contributed by atoms with Crippen LogP contribution in [-0.4, -0.2) is 35.9 Å². The van der Waals surface area contributed by atoms with E-state index in [1.807, 2.05) is 23.6 Å². The lowest BCUT2D eigenvalue weighted by atomic mass is 10.1. The van der Waals surface area contributed by atoms with Gasteiger partial charge in [0.1, 0.15) is 11.9 Å². The lowest BCUT2D eigenvalue weighted by Gasteiger charge is -2.29. The Morgan fingerprint density at radius 2 is 2.04 bits per heavy atom. The SMILES string of the molecule is CC(NC(=O)c1cccs1)C(=O)NCc1cccnc1N1CCCCC1. The van der Waals surface area contributed by atoms with Gasteiger partial charge in [-0.05, 0) is 43.7 Å². The third-order valence-corrected chi connectivity index (χ3v) is 5.33. The molecule has 1 atom stereocenters. The molecule has 0 bridgehead atoms. The number of nitrogens with zero attached hydrogens (tertiary/aromatic N) is 2. The van der Waals surface area contributed by atoms with Crippen molar-refractivity contribution in [2.45, 2.75) is 38.8 Å². The average molecular weight is 372 g/mol. The van der Waals surface area contributed by atoms with Crippen LogP contribution < -0.4 is 15.5 Å². The molecule has 0 spiro atoms. The molecule has 3 rings (SSSR count). The van der Waals surface area contributed by atoms with Crippen LogP contribution in [0.15, 0.2) is 35.8 Å². The largest absolute Gasteiger partial charge is 0.356 e. The fraction of sp³-hybridized carbons (Fsp3) is 0.421. The average Bonchev–Trinajstić information content (AvgIpc) is 3.22. The van der Waals surface area contributed by atoms with Gasteiger partial charge in [-0.1, -0.05) is 12.1 Å². The van der Waals surface area contributed by atoms with Crippen LogP contribution in [0.3, 0.4) is 0 Å². The standard InChI is InChI=1S/C19H24N4O2S/c1-14(22-19(25)16-8-6-12-26-16)18(24)21-13-15-7-5-9-20-17(15)23-10-3-2-4-11-23/h5-9,12,14H,2-4,10-11,13H2,1H3,(H,21,24)(H,22,25). The lowest BCUT2D eigenvalue weighted by molar-refractivity contribution is -0.122. The Morgan fingerprint density at radius 1 is 1.23 bits per heavy atom. The Hall–Kier alpha value is -2.41. The Kier molecular flexibility index (Phi) is 6.22. The highest BCUT2D eigenvalue weighted by Gasteiger charge is 2.19. The molecule has 2 N–H and O–H groups in total. The van der Waals surface area contributed by atoms with Gasteiger partial charge < -0.3 is 15.5 Å². The Bertz CT molecular complexity index is 742. The maximum absolute atomic E-state index is 12.4. The first-order chi connectivity index (χ1) is 12.6. The predicted octanol–water partition coefficient (Wildman–Crippen LogP) is 2.57. The summed E-state index contributed by atoms with van der Waals surface area (Å²) in [5, 5.41) is 7.48. The first-order valence-electron chi connectivity index (χ1n) is 8.96. The number of anilines is 1. The second-order valence-corrected chi connectivity index (χ2v) is 7.37. The number of nitrogens with one attached hydrogen (secondary N) is 2. The van der Waals surface area contributed by atoms with E-state index in [9.17, 15) is 9.59 Å². The van der Waals surface area contributed by atoms with E-state index < -0.39 is 6.04 Å². The molecule has 7 heteroatoms. The molecular formula is C19H24N4O2S. The van der Waals surface area contributed by atoms with E-state index in [0.717, 1.165) is 24.5 Å². The molecule has 1 fully saturated rings. The molecule has 2 aromatic rings. The molecule has 1 aliphatic heterocycles. The number of rotatable bonds is 6. The highest BCUT2D eigenvalue weighted by atomic mass is 32.1. The molecule has 138 valence electrons. The zero-order valence-corrected chi connectivity index (χ0v) is 15.7. The molecule has 26 heavy (non-hydrogen) atoms. The van der Waals surface area contributed by atoms with Crippen LogP contribution in [0.25, 0.3) is 0 Å². The third kappa shape index (κ3) is 4.60. The number of hydrogen-bond acceptors (Lipinski definition) is 5. The number of hydrogen-bond donors (Lipinski definition) is 2. The first kappa shape index (κ1) is 18.4. The monoisotopic (exact) mass is 372 g/mol. The minimum absolute atomic E-state index is 0.205. The number of pyridine rings is 1. The van der Waals surface area contributed by atoms with Crippen LogP contribution in [-0.2, 0) is 11.3 Å². The topological polar surface area (TPSA) is 74.3 Å². The van der Waals surface area contributed by atoms with Crippen molar-refractivity contribution in [3.05, 3.63) is 46.3 Å². The maximum Gasteiger partial charge on any atom is 0.261 e. The van der Waals surface area contributed by atoms with Crippen LogP contribution in [0.2, 0.25) is 0 Å². The number of carbonyl (C=O) groups excluding carboxylic acids is 2. The summed E-state index contributed by atoms with van der Waals surface area (Å²) >= 11 is 1.36. The summed E-state index contributed by atoms with van der Waals surface area (Å²) in [6.07, 6.45) is 5.40. The van der Waals surface area contributed by atoms with Gasteiger partial charge in [-0.25, -0.2) is 4.98 Å². The van der Waals surface area contributed by atoms with Crippen molar-refractivity contribution in [3.8, 4) is 0 Å². The van der Waals surface area contributed by atoms with Gasteiger partial charge in [-0.2, -0.15) is 0 Å². The van der Waals surface area contributed by atoms with Gasteiger partial charge >= 0.3 is 0 Å². The van der Waals surface area contributed by atoms with E-state index in [-0.39, 0.29) is 11.8 Å². The van der Waals surface area contributed by atoms with Gasteiger partial charge in [-0.15, -0.1) is 11.3 Å². The molecular weight excluding hydrogens is 348 g/mol.